The lowest BCUT2D eigenvalue weighted by Crippen LogP contribution is -2.49. The third-order valence-electron chi connectivity index (χ3n) is 7.22. The summed E-state index contributed by atoms with van der Waals surface area (Å²) >= 11 is 0. The van der Waals surface area contributed by atoms with Crippen LogP contribution in [0.15, 0.2) is 24.3 Å². The molecule has 0 aliphatic rings. The van der Waals surface area contributed by atoms with E-state index >= 15 is 0 Å². The fraction of sp³-hybridized carbons (Fsp3) is 0.625. The van der Waals surface area contributed by atoms with E-state index < -0.39 is 8.80 Å². The van der Waals surface area contributed by atoms with Crippen LogP contribution in [0.3, 0.4) is 0 Å². The molecular weight excluding hydrogens is 412 g/mol. The van der Waals surface area contributed by atoms with Gasteiger partial charge in [-0.05, 0) is 75.8 Å². The van der Waals surface area contributed by atoms with E-state index in [4.69, 9.17) is 0 Å². The summed E-state index contributed by atoms with van der Waals surface area (Å²) in [4.78, 5) is 0. The van der Waals surface area contributed by atoms with Gasteiger partial charge in [0.15, 0.2) is 0 Å². The Kier molecular flexibility index (Phi) is 9.63. The van der Waals surface area contributed by atoms with E-state index in [0.29, 0.717) is 35.5 Å². The van der Waals surface area contributed by atoms with Crippen LogP contribution in [0.1, 0.15) is 159 Å². The van der Waals surface area contributed by atoms with Crippen LogP contribution in [-0.4, -0.2) is 8.80 Å². The lowest BCUT2D eigenvalue weighted by atomic mass is 9.89. The van der Waals surface area contributed by atoms with Gasteiger partial charge in [-0.25, -0.2) is 0 Å². The molecule has 0 saturated heterocycles. The van der Waals surface area contributed by atoms with Gasteiger partial charge in [0.2, 0.25) is 0 Å². The van der Waals surface area contributed by atoms with Crippen molar-refractivity contribution in [1.82, 2.24) is 0 Å². The number of benzene rings is 2. The zero-order chi connectivity index (χ0) is 25.2. The lowest BCUT2D eigenvalue weighted by Gasteiger charge is -2.24. The van der Waals surface area contributed by atoms with E-state index in [1.807, 2.05) is 0 Å². The maximum absolute atomic E-state index is 2.56. The normalized spacial score (nSPS) is 12.3. The summed E-state index contributed by atoms with van der Waals surface area (Å²) in [5.74, 6) is 3.30. The molecule has 0 bridgehead atoms. The van der Waals surface area contributed by atoms with Crippen molar-refractivity contribution in [2.24, 2.45) is 0 Å². The molecule has 0 unspecified atom stereocenters. The second kappa shape index (κ2) is 11.4. The highest BCUT2D eigenvalue weighted by Crippen LogP contribution is 2.30. The average molecular weight is 464 g/mol. The molecule has 0 heterocycles. The highest BCUT2D eigenvalue weighted by atomic mass is 28.3. The van der Waals surface area contributed by atoms with Gasteiger partial charge in [0, 0.05) is 0 Å². The minimum absolute atomic E-state index is 0.544. The summed E-state index contributed by atoms with van der Waals surface area (Å²) in [6.45, 7) is 31.0. The summed E-state index contributed by atoms with van der Waals surface area (Å²) in [5, 5.41) is 3.44. The molecule has 0 aromatic heterocycles. The van der Waals surface area contributed by atoms with Crippen LogP contribution in [0.4, 0.5) is 0 Å². The quantitative estimate of drug-likeness (QED) is 0.325. The molecule has 0 aliphatic heterocycles. The molecule has 0 nitrogen and oxygen atoms in total. The monoisotopic (exact) mass is 463 g/mol. The van der Waals surface area contributed by atoms with E-state index in [0.717, 1.165) is 0 Å². The maximum atomic E-state index is 2.56. The molecular formula is C32H51Si+. The van der Waals surface area contributed by atoms with E-state index in [9.17, 15) is 0 Å². The molecule has 2 aromatic rings. The highest BCUT2D eigenvalue weighted by Gasteiger charge is 2.42. The zero-order valence-electron chi connectivity index (χ0n) is 24.0. The van der Waals surface area contributed by atoms with Gasteiger partial charge in [-0.1, -0.05) is 107 Å². The first-order chi connectivity index (χ1) is 15.3. The molecule has 2 aromatic carbocycles. The molecule has 1 heteroatoms. The standard InChI is InChI=1S/C32H51Si/c1-14-33(31-27(21(6)7)15-25(19(2)3)16-28(31)22(8)9)32-29(23(10)11)17-26(20(4)5)18-30(32)24(12)13/h15-24H,14H2,1-13H3/q+1. The Morgan fingerprint density at radius 2 is 0.697 bits per heavy atom. The van der Waals surface area contributed by atoms with Gasteiger partial charge in [0.25, 0.3) is 0 Å². The first kappa shape index (κ1) is 27.9. The van der Waals surface area contributed by atoms with Crippen molar-refractivity contribution >= 4 is 19.2 Å². The first-order valence-electron chi connectivity index (χ1n) is 13.5. The molecule has 0 saturated carbocycles. The van der Waals surface area contributed by atoms with Gasteiger partial charge in [-0.2, -0.15) is 0 Å². The molecule has 0 radical (unpaired) electrons. The number of rotatable bonds is 9. The Labute approximate surface area is 208 Å². The van der Waals surface area contributed by atoms with Crippen LogP contribution >= 0.6 is 0 Å². The van der Waals surface area contributed by atoms with Crippen molar-refractivity contribution in [3.8, 4) is 0 Å². The SMILES string of the molecule is CC[Si+](c1c(C(C)C)cc(C(C)C)cc1C(C)C)c1c(C(C)C)cc(C(C)C)cc1C(C)C. The molecule has 0 amide bonds. The molecule has 0 N–H and O–H groups in total. The molecule has 182 valence electrons. The number of hydrogen-bond donors (Lipinski definition) is 0. The summed E-state index contributed by atoms with van der Waals surface area (Å²) < 4.78 is 0. The largest absolute Gasteiger partial charge is 0.391 e. The second-order valence-electron chi connectivity index (χ2n) is 11.9. The average Bonchev–Trinajstić information content (AvgIpc) is 2.72. The van der Waals surface area contributed by atoms with Gasteiger partial charge in [0.1, 0.15) is 10.4 Å². The van der Waals surface area contributed by atoms with Gasteiger partial charge < -0.3 is 0 Å². The molecule has 0 atom stereocenters. The Bertz CT molecular complexity index is 794. The smallest absolute Gasteiger partial charge is 0.0587 e. The summed E-state index contributed by atoms with van der Waals surface area (Å²) in [6, 6.07) is 11.5. The van der Waals surface area contributed by atoms with Crippen LogP contribution in [0, 0.1) is 0 Å². The molecule has 33 heavy (non-hydrogen) atoms. The Hall–Kier alpha value is -1.34. The van der Waals surface area contributed by atoms with Crippen LogP contribution < -0.4 is 10.4 Å². The fourth-order valence-corrected chi connectivity index (χ4v) is 8.88. The second-order valence-corrected chi connectivity index (χ2v) is 14.6. The predicted molar refractivity (Wildman–Crippen MR) is 153 cm³/mol. The zero-order valence-corrected chi connectivity index (χ0v) is 25.0. The first-order valence-corrected chi connectivity index (χ1v) is 15.2. The van der Waals surface area contributed by atoms with E-state index in [1.54, 1.807) is 32.6 Å². The molecule has 0 spiro atoms. The maximum Gasteiger partial charge on any atom is 0.391 e. The fourth-order valence-electron chi connectivity index (χ4n) is 5.09. The van der Waals surface area contributed by atoms with Crippen molar-refractivity contribution < 1.29 is 0 Å². The highest BCUT2D eigenvalue weighted by molar-refractivity contribution is 6.86. The van der Waals surface area contributed by atoms with Gasteiger partial charge in [-0.3, -0.25) is 0 Å². The third-order valence-corrected chi connectivity index (χ3v) is 10.3. The lowest BCUT2D eigenvalue weighted by molar-refractivity contribution is 0.809. The minimum Gasteiger partial charge on any atom is -0.0587 e. The minimum atomic E-state index is -0.920. The van der Waals surface area contributed by atoms with Crippen molar-refractivity contribution in [1.29, 1.82) is 0 Å². The molecule has 2 rings (SSSR count). The van der Waals surface area contributed by atoms with Gasteiger partial charge >= 0.3 is 8.80 Å². The van der Waals surface area contributed by atoms with Crippen LogP contribution in [-0.2, 0) is 0 Å². The summed E-state index contributed by atoms with van der Waals surface area (Å²) in [5.41, 5.74) is 9.45. The molecule has 0 fully saturated rings. The third kappa shape index (κ3) is 6.02. The molecule has 0 aliphatic carbocycles. The Morgan fingerprint density at radius 3 is 0.848 bits per heavy atom. The van der Waals surface area contributed by atoms with Crippen LogP contribution in [0.2, 0.25) is 6.04 Å². The van der Waals surface area contributed by atoms with E-state index in [-0.39, 0.29) is 0 Å². The van der Waals surface area contributed by atoms with Crippen molar-refractivity contribution in [2.75, 3.05) is 0 Å². The Morgan fingerprint density at radius 1 is 0.455 bits per heavy atom. The van der Waals surface area contributed by atoms with Crippen molar-refractivity contribution in [2.45, 2.75) is 132 Å². The van der Waals surface area contributed by atoms with E-state index in [2.05, 4.69) is 114 Å². The predicted octanol–water partition coefficient (Wildman–Crippen LogP) is 9.06. The van der Waals surface area contributed by atoms with E-state index in [1.165, 1.54) is 17.2 Å². The number of hydrogen-bond acceptors (Lipinski definition) is 0. The summed E-state index contributed by atoms with van der Waals surface area (Å²) in [6.07, 6.45) is 0. The van der Waals surface area contributed by atoms with Crippen LogP contribution in [0.25, 0.3) is 0 Å². The van der Waals surface area contributed by atoms with Crippen molar-refractivity contribution in [3.05, 3.63) is 57.6 Å². The van der Waals surface area contributed by atoms with Gasteiger partial charge in [0.05, 0.1) is 6.04 Å². The summed E-state index contributed by atoms with van der Waals surface area (Å²) in [7, 11) is -0.920. The Balaban J connectivity index is 3.01. The van der Waals surface area contributed by atoms with Crippen molar-refractivity contribution in [3.63, 3.8) is 0 Å². The van der Waals surface area contributed by atoms with Crippen LogP contribution in [0.5, 0.6) is 0 Å². The van der Waals surface area contributed by atoms with Gasteiger partial charge in [-0.15, -0.1) is 0 Å². The topological polar surface area (TPSA) is 0 Å².